The molecule has 2 aromatic carbocycles. The van der Waals surface area contributed by atoms with E-state index < -0.39 is 29.1 Å². The van der Waals surface area contributed by atoms with Crippen molar-refractivity contribution in [1.29, 1.82) is 0 Å². The number of benzene rings is 2. The van der Waals surface area contributed by atoms with Gasteiger partial charge in [0, 0.05) is 22.8 Å². The monoisotopic (exact) mass is 528 g/mol. The Hall–Kier alpha value is -4.14. The highest BCUT2D eigenvalue weighted by Crippen LogP contribution is 2.36. The smallest absolute Gasteiger partial charge is 0.333 e. The molecule has 38 heavy (non-hydrogen) atoms. The number of carbonyl (C=O) groups excluding carboxylic acids is 3. The van der Waals surface area contributed by atoms with Gasteiger partial charge in [0.25, 0.3) is 0 Å². The van der Waals surface area contributed by atoms with Crippen molar-refractivity contribution < 1.29 is 42.5 Å². The quantitative estimate of drug-likeness (QED) is 0.156. The van der Waals surface area contributed by atoms with Crippen LogP contribution in [0, 0.1) is 11.2 Å². The summed E-state index contributed by atoms with van der Waals surface area (Å²) in [5.41, 5.74) is 0.521. The molecule has 204 valence electrons. The van der Waals surface area contributed by atoms with Gasteiger partial charge in [-0.3, -0.25) is 4.79 Å². The van der Waals surface area contributed by atoms with Gasteiger partial charge in [0.1, 0.15) is 38.0 Å². The summed E-state index contributed by atoms with van der Waals surface area (Å²) in [4.78, 5) is 35.3. The third kappa shape index (κ3) is 9.06. The second-order valence-corrected chi connectivity index (χ2v) is 9.47. The van der Waals surface area contributed by atoms with Gasteiger partial charge in [-0.05, 0) is 58.4 Å². The van der Waals surface area contributed by atoms with Crippen LogP contribution in [0.4, 0.5) is 4.39 Å². The fourth-order valence-corrected chi connectivity index (χ4v) is 2.76. The maximum atomic E-state index is 15.1. The van der Waals surface area contributed by atoms with Gasteiger partial charge >= 0.3 is 17.9 Å². The predicted molar refractivity (Wildman–Crippen MR) is 139 cm³/mol. The molecule has 0 saturated carbocycles. The van der Waals surface area contributed by atoms with Gasteiger partial charge in [-0.2, -0.15) is 0 Å². The van der Waals surface area contributed by atoms with Gasteiger partial charge in [0.05, 0.1) is 5.41 Å². The van der Waals surface area contributed by atoms with Crippen molar-refractivity contribution >= 4 is 17.9 Å². The van der Waals surface area contributed by atoms with Gasteiger partial charge in [-0.1, -0.05) is 25.3 Å². The normalized spacial score (nSPS) is 10.8. The first-order valence-corrected chi connectivity index (χ1v) is 11.9. The van der Waals surface area contributed by atoms with Crippen LogP contribution in [0.15, 0.2) is 60.7 Å². The summed E-state index contributed by atoms with van der Waals surface area (Å²) in [6.45, 7) is 15.0. The third-order valence-corrected chi connectivity index (χ3v) is 4.87. The molecule has 0 fully saturated rings. The van der Waals surface area contributed by atoms with Crippen LogP contribution in [0.5, 0.6) is 17.2 Å². The number of hydrogen-bond donors (Lipinski definition) is 0. The predicted octanol–water partition coefficient (Wildman–Crippen LogP) is 5.44. The first-order chi connectivity index (χ1) is 17.8. The van der Waals surface area contributed by atoms with Crippen LogP contribution in [0.2, 0.25) is 0 Å². The van der Waals surface area contributed by atoms with Gasteiger partial charge in [0.15, 0.2) is 11.5 Å². The van der Waals surface area contributed by atoms with Gasteiger partial charge in [-0.25, -0.2) is 14.0 Å². The third-order valence-electron chi connectivity index (χ3n) is 4.87. The number of halogens is 1. The van der Waals surface area contributed by atoms with Crippen LogP contribution in [0.25, 0.3) is 11.1 Å². The Morgan fingerprint density at radius 2 is 1.26 bits per heavy atom. The fraction of sp³-hybridized carbons (Fsp3) is 0.345. The van der Waals surface area contributed by atoms with Crippen molar-refractivity contribution in [2.45, 2.75) is 34.6 Å². The maximum Gasteiger partial charge on any atom is 0.333 e. The van der Waals surface area contributed by atoms with E-state index in [1.54, 1.807) is 45.0 Å². The molecular weight excluding hydrogens is 495 g/mol. The highest BCUT2D eigenvalue weighted by Gasteiger charge is 2.24. The van der Waals surface area contributed by atoms with Crippen LogP contribution in [-0.4, -0.2) is 44.3 Å². The van der Waals surface area contributed by atoms with Crippen molar-refractivity contribution in [3.05, 3.63) is 66.5 Å². The van der Waals surface area contributed by atoms with Crippen molar-refractivity contribution in [2.75, 3.05) is 26.4 Å². The Labute approximate surface area is 222 Å². The second-order valence-electron chi connectivity index (χ2n) is 9.47. The molecule has 0 aliphatic heterocycles. The van der Waals surface area contributed by atoms with E-state index in [-0.39, 0.29) is 54.6 Å². The van der Waals surface area contributed by atoms with E-state index in [1.807, 2.05) is 0 Å². The van der Waals surface area contributed by atoms with Crippen molar-refractivity contribution in [1.82, 2.24) is 0 Å². The zero-order chi connectivity index (χ0) is 28.5. The first-order valence-electron chi connectivity index (χ1n) is 11.9. The minimum absolute atomic E-state index is 0.0349. The Morgan fingerprint density at radius 1 is 0.789 bits per heavy atom. The highest BCUT2D eigenvalue weighted by molar-refractivity contribution is 5.87. The molecule has 0 N–H and O–H groups in total. The summed E-state index contributed by atoms with van der Waals surface area (Å²) in [5, 5.41) is 0. The summed E-state index contributed by atoms with van der Waals surface area (Å²) in [6.07, 6.45) is 0. The van der Waals surface area contributed by atoms with E-state index in [0.29, 0.717) is 11.3 Å². The van der Waals surface area contributed by atoms with E-state index in [2.05, 4.69) is 13.2 Å². The lowest BCUT2D eigenvalue weighted by molar-refractivity contribution is -0.143. The van der Waals surface area contributed by atoms with Crippen LogP contribution >= 0.6 is 0 Å². The number of esters is 3. The van der Waals surface area contributed by atoms with Crippen LogP contribution in [0.1, 0.15) is 34.6 Å². The Balaban J connectivity index is 2.22. The molecule has 2 aromatic rings. The largest absolute Gasteiger partial charge is 0.486 e. The molecule has 0 bridgehead atoms. The number of hydrogen-bond acceptors (Lipinski definition) is 8. The van der Waals surface area contributed by atoms with E-state index in [1.165, 1.54) is 19.9 Å². The molecule has 0 aromatic heterocycles. The average Bonchev–Trinajstić information content (AvgIpc) is 2.84. The number of ether oxygens (including phenoxy) is 5. The minimum atomic E-state index is -0.672. The topological polar surface area (TPSA) is 97.4 Å². The highest BCUT2D eigenvalue weighted by atomic mass is 19.1. The molecule has 0 radical (unpaired) electrons. The van der Waals surface area contributed by atoms with Crippen molar-refractivity contribution in [2.24, 2.45) is 5.41 Å². The lowest BCUT2D eigenvalue weighted by atomic mass is 9.97. The van der Waals surface area contributed by atoms with Gasteiger partial charge in [-0.15, -0.1) is 0 Å². The molecule has 0 aliphatic rings. The average molecular weight is 529 g/mol. The van der Waals surface area contributed by atoms with E-state index in [0.717, 1.165) is 6.07 Å². The SMILES string of the molecule is C=C(C)C(=O)OCCOc1cc(F)c(-c2ccc(OC(=O)C(C)(C)C)cc2)cc1OCCOC(=O)C(=C)C. The van der Waals surface area contributed by atoms with Gasteiger partial charge in [0.2, 0.25) is 0 Å². The molecule has 0 unspecified atom stereocenters. The van der Waals surface area contributed by atoms with Gasteiger partial charge < -0.3 is 23.7 Å². The Kier molecular flexibility index (Phi) is 10.6. The zero-order valence-corrected chi connectivity index (χ0v) is 22.4. The summed E-state index contributed by atoms with van der Waals surface area (Å²) in [6, 6.07) is 8.95. The Morgan fingerprint density at radius 3 is 1.71 bits per heavy atom. The summed E-state index contributed by atoms with van der Waals surface area (Å²) in [7, 11) is 0. The van der Waals surface area contributed by atoms with E-state index in [9.17, 15) is 14.4 Å². The fourth-order valence-electron chi connectivity index (χ4n) is 2.76. The lowest BCUT2D eigenvalue weighted by Gasteiger charge is -2.17. The standard InChI is InChI=1S/C29H33FO8/c1-18(2)26(31)36-14-12-34-24-16-22(20-8-10-21(11-9-20)38-28(33)29(5,6)7)23(30)17-25(24)35-13-15-37-27(32)19(3)4/h8-11,16-17H,1,3,12-15H2,2,4-7H3. The summed E-state index contributed by atoms with van der Waals surface area (Å²) in [5.74, 6) is -1.54. The minimum Gasteiger partial charge on any atom is -0.486 e. The van der Waals surface area contributed by atoms with Crippen LogP contribution in [0.3, 0.4) is 0 Å². The second kappa shape index (κ2) is 13.4. The molecule has 0 heterocycles. The molecule has 0 amide bonds. The summed E-state index contributed by atoms with van der Waals surface area (Å²) < 4.78 is 41.8. The molecular formula is C29H33FO8. The number of rotatable bonds is 12. The molecule has 0 atom stereocenters. The molecule has 0 saturated heterocycles. The Bertz CT molecular complexity index is 1190. The van der Waals surface area contributed by atoms with E-state index >= 15 is 4.39 Å². The molecule has 0 spiro atoms. The molecule has 2 rings (SSSR count). The molecule has 9 heteroatoms. The zero-order valence-electron chi connectivity index (χ0n) is 22.4. The first kappa shape index (κ1) is 30.1. The van der Waals surface area contributed by atoms with Crippen LogP contribution in [-0.2, 0) is 23.9 Å². The van der Waals surface area contributed by atoms with Crippen molar-refractivity contribution in [3.63, 3.8) is 0 Å². The van der Waals surface area contributed by atoms with Crippen LogP contribution < -0.4 is 14.2 Å². The van der Waals surface area contributed by atoms with Crippen molar-refractivity contribution in [3.8, 4) is 28.4 Å². The lowest BCUT2D eigenvalue weighted by Crippen LogP contribution is -2.25. The molecule has 0 aliphatic carbocycles. The maximum absolute atomic E-state index is 15.1. The molecule has 8 nitrogen and oxygen atoms in total. The summed E-state index contributed by atoms with van der Waals surface area (Å²) >= 11 is 0. The number of carbonyl (C=O) groups is 3. The van der Waals surface area contributed by atoms with E-state index in [4.69, 9.17) is 23.7 Å².